The molecule has 0 atom stereocenters. The second-order valence-corrected chi connectivity index (χ2v) is 4.70. The normalized spacial score (nSPS) is 17.8. The van der Waals surface area contributed by atoms with Crippen LogP contribution in [0, 0.1) is 5.95 Å². The van der Waals surface area contributed by atoms with Gasteiger partial charge in [-0.05, 0) is 28.5 Å². The Morgan fingerprint density at radius 3 is 2.56 bits per heavy atom. The molecule has 0 unspecified atom stereocenters. The first-order valence-electron chi connectivity index (χ1n) is 5.49. The van der Waals surface area contributed by atoms with E-state index in [-0.39, 0.29) is 0 Å². The van der Waals surface area contributed by atoms with Crippen LogP contribution >= 0.6 is 15.9 Å². The molecule has 0 amide bonds. The first kappa shape index (κ1) is 11.8. The smallest absolute Gasteiger partial charge is 0.215 e. The summed E-state index contributed by atoms with van der Waals surface area (Å²) in [6.45, 7) is 7.23. The molecule has 2 rings (SSSR count). The van der Waals surface area contributed by atoms with Crippen LogP contribution in [-0.4, -0.2) is 42.6 Å². The van der Waals surface area contributed by atoms with Crippen LogP contribution in [0.1, 0.15) is 6.92 Å². The first-order valence-corrected chi connectivity index (χ1v) is 6.28. The summed E-state index contributed by atoms with van der Waals surface area (Å²) in [5.41, 5.74) is 0.912. The molecule has 0 bridgehead atoms. The third-order valence-electron chi connectivity index (χ3n) is 2.93. The van der Waals surface area contributed by atoms with Gasteiger partial charge in [-0.15, -0.1) is 0 Å². The third kappa shape index (κ3) is 2.71. The molecule has 1 fully saturated rings. The molecule has 0 aliphatic carbocycles. The highest BCUT2D eigenvalue weighted by Crippen LogP contribution is 2.20. The molecule has 0 aromatic carbocycles. The number of likely N-dealkylation sites (N-methyl/N-ethyl adjacent to an activating group) is 1. The predicted molar refractivity (Wildman–Crippen MR) is 66.2 cm³/mol. The minimum atomic E-state index is -0.428. The fourth-order valence-electron chi connectivity index (χ4n) is 1.96. The number of anilines is 1. The van der Waals surface area contributed by atoms with Crippen molar-refractivity contribution in [3.63, 3.8) is 0 Å². The average Bonchev–Trinajstić information content (AvgIpc) is 2.28. The van der Waals surface area contributed by atoms with Crippen molar-refractivity contribution in [2.75, 3.05) is 37.6 Å². The number of aromatic nitrogens is 1. The molecule has 0 radical (unpaired) electrons. The molecule has 1 aliphatic heterocycles. The summed E-state index contributed by atoms with van der Waals surface area (Å²) in [5.74, 6) is -0.428. The zero-order valence-corrected chi connectivity index (χ0v) is 10.9. The van der Waals surface area contributed by atoms with E-state index in [1.807, 2.05) is 6.07 Å². The van der Waals surface area contributed by atoms with Crippen molar-refractivity contribution < 1.29 is 4.39 Å². The third-order valence-corrected chi connectivity index (χ3v) is 3.34. The van der Waals surface area contributed by atoms with Crippen LogP contribution in [0.5, 0.6) is 0 Å². The molecular formula is C11H15BrFN3. The molecule has 1 aromatic rings. The topological polar surface area (TPSA) is 19.4 Å². The predicted octanol–water partition coefficient (Wildman–Crippen LogP) is 2.13. The highest BCUT2D eigenvalue weighted by molar-refractivity contribution is 9.10. The summed E-state index contributed by atoms with van der Waals surface area (Å²) >= 11 is 3.22. The van der Waals surface area contributed by atoms with Crippen molar-refractivity contribution in [1.82, 2.24) is 9.88 Å². The average molecular weight is 288 g/mol. The Morgan fingerprint density at radius 1 is 1.31 bits per heavy atom. The van der Waals surface area contributed by atoms with Gasteiger partial charge in [-0.3, -0.25) is 0 Å². The second kappa shape index (κ2) is 5.10. The van der Waals surface area contributed by atoms with Gasteiger partial charge in [-0.1, -0.05) is 6.92 Å². The Morgan fingerprint density at radius 2 is 2.00 bits per heavy atom. The van der Waals surface area contributed by atoms with Crippen LogP contribution in [0.2, 0.25) is 0 Å². The van der Waals surface area contributed by atoms with E-state index in [0.717, 1.165) is 38.4 Å². The zero-order valence-electron chi connectivity index (χ0n) is 9.29. The van der Waals surface area contributed by atoms with Gasteiger partial charge in [0.25, 0.3) is 0 Å². The van der Waals surface area contributed by atoms with E-state index in [1.54, 1.807) is 0 Å². The number of piperazine rings is 1. The molecule has 2 heterocycles. The number of hydrogen-bond acceptors (Lipinski definition) is 3. The summed E-state index contributed by atoms with van der Waals surface area (Å²) < 4.78 is 13.7. The highest BCUT2D eigenvalue weighted by Gasteiger charge is 2.16. The lowest BCUT2D eigenvalue weighted by atomic mass is 10.2. The number of pyridine rings is 1. The molecule has 0 N–H and O–H groups in total. The Labute approximate surface area is 103 Å². The van der Waals surface area contributed by atoms with Gasteiger partial charge >= 0.3 is 0 Å². The number of hydrogen-bond donors (Lipinski definition) is 0. The molecule has 1 saturated heterocycles. The van der Waals surface area contributed by atoms with E-state index < -0.39 is 5.95 Å². The van der Waals surface area contributed by atoms with Gasteiger partial charge in [-0.25, -0.2) is 4.98 Å². The Bertz CT molecular complexity index is 344. The van der Waals surface area contributed by atoms with E-state index in [9.17, 15) is 4.39 Å². The minimum Gasteiger partial charge on any atom is -0.369 e. The standard InChI is InChI=1S/C11H15BrFN3/c1-2-15-3-5-16(6-4-15)9-7-10(12)14-11(13)8-9/h7-8H,2-6H2,1H3. The van der Waals surface area contributed by atoms with Gasteiger partial charge < -0.3 is 9.80 Å². The molecule has 0 spiro atoms. The molecule has 16 heavy (non-hydrogen) atoms. The van der Waals surface area contributed by atoms with Crippen molar-refractivity contribution in [1.29, 1.82) is 0 Å². The maximum Gasteiger partial charge on any atom is 0.215 e. The zero-order chi connectivity index (χ0) is 11.5. The quantitative estimate of drug-likeness (QED) is 0.777. The summed E-state index contributed by atoms with van der Waals surface area (Å²) in [6, 6.07) is 3.36. The monoisotopic (exact) mass is 287 g/mol. The van der Waals surface area contributed by atoms with Gasteiger partial charge in [0.15, 0.2) is 0 Å². The Hall–Kier alpha value is -0.680. The summed E-state index contributed by atoms with van der Waals surface area (Å²) in [6.07, 6.45) is 0. The number of rotatable bonds is 2. The van der Waals surface area contributed by atoms with Crippen molar-refractivity contribution in [3.8, 4) is 0 Å². The van der Waals surface area contributed by atoms with Gasteiger partial charge in [0, 0.05) is 37.9 Å². The molecule has 3 nitrogen and oxygen atoms in total. The summed E-state index contributed by atoms with van der Waals surface area (Å²) in [7, 11) is 0. The van der Waals surface area contributed by atoms with E-state index in [2.05, 4.69) is 37.6 Å². The molecule has 1 aromatic heterocycles. The van der Waals surface area contributed by atoms with Crippen molar-refractivity contribution in [3.05, 3.63) is 22.7 Å². The first-order chi connectivity index (χ1) is 7.69. The largest absolute Gasteiger partial charge is 0.369 e. The molecule has 5 heteroatoms. The lowest BCUT2D eigenvalue weighted by molar-refractivity contribution is 0.271. The van der Waals surface area contributed by atoms with Crippen LogP contribution in [0.4, 0.5) is 10.1 Å². The summed E-state index contributed by atoms with van der Waals surface area (Å²) in [4.78, 5) is 8.26. The molecular weight excluding hydrogens is 273 g/mol. The van der Waals surface area contributed by atoms with Gasteiger partial charge in [0.05, 0.1) is 0 Å². The Balaban J connectivity index is 2.08. The fraction of sp³-hybridized carbons (Fsp3) is 0.545. The lowest BCUT2D eigenvalue weighted by Crippen LogP contribution is -2.46. The highest BCUT2D eigenvalue weighted by atomic mass is 79.9. The lowest BCUT2D eigenvalue weighted by Gasteiger charge is -2.35. The fourth-order valence-corrected chi connectivity index (χ4v) is 2.36. The van der Waals surface area contributed by atoms with Crippen LogP contribution < -0.4 is 4.90 Å². The molecule has 1 aliphatic rings. The maximum absolute atomic E-state index is 13.1. The van der Waals surface area contributed by atoms with Crippen LogP contribution in [-0.2, 0) is 0 Å². The van der Waals surface area contributed by atoms with E-state index in [0.29, 0.717) is 4.60 Å². The number of halogens is 2. The minimum absolute atomic E-state index is 0.428. The van der Waals surface area contributed by atoms with Crippen LogP contribution in [0.3, 0.4) is 0 Å². The Kier molecular flexibility index (Phi) is 3.76. The van der Waals surface area contributed by atoms with Gasteiger partial charge in [0.1, 0.15) is 4.60 Å². The van der Waals surface area contributed by atoms with Crippen LogP contribution in [0.15, 0.2) is 16.7 Å². The maximum atomic E-state index is 13.1. The van der Waals surface area contributed by atoms with Crippen LogP contribution in [0.25, 0.3) is 0 Å². The van der Waals surface area contributed by atoms with Crippen molar-refractivity contribution in [2.45, 2.75) is 6.92 Å². The molecule has 88 valence electrons. The van der Waals surface area contributed by atoms with Gasteiger partial charge in [0.2, 0.25) is 5.95 Å². The number of nitrogens with zero attached hydrogens (tertiary/aromatic N) is 3. The SMILES string of the molecule is CCN1CCN(c2cc(F)nc(Br)c2)CC1. The summed E-state index contributed by atoms with van der Waals surface area (Å²) in [5, 5.41) is 0. The van der Waals surface area contributed by atoms with E-state index in [1.165, 1.54) is 6.07 Å². The van der Waals surface area contributed by atoms with Gasteiger partial charge in [-0.2, -0.15) is 4.39 Å². The van der Waals surface area contributed by atoms with E-state index in [4.69, 9.17) is 0 Å². The van der Waals surface area contributed by atoms with Crippen molar-refractivity contribution in [2.24, 2.45) is 0 Å². The molecule has 0 saturated carbocycles. The second-order valence-electron chi connectivity index (χ2n) is 3.89. The van der Waals surface area contributed by atoms with Crippen molar-refractivity contribution >= 4 is 21.6 Å². The van der Waals surface area contributed by atoms with E-state index >= 15 is 0 Å².